The lowest BCUT2D eigenvalue weighted by Gasteiger charge is -2.19. The largest absolute Gasteiger partial charge is 0.279 e. The zero-order valence-corrected chi connectivity index (χ0v) is 14.6. The van der Waals surface area contributed by atoms with Crippen molar-refractivity contribution in [3.63, 3.8) is 0 Å². The van der Waals surface area contributed by atoms with E-state index in [2.05, 4.69) is 9.97 Å². The Morgan fingerprint density at radius 1 is 1.20 bits per heavy atom. The van der Waals surface area contributed by atoms with Crippen molar-refractivity contribution < 1.29 is 9.18 Å². The molecule has 4 aromatic rings. The van der Waals surface area contributed by atoms with Gasteiger partial charge in [0.15, 0.2) is 5.13 Å². The molecule has 1 amide bonds. The van der Waals surface area contributed by atoms with E-state index in [1.54, 1.807) is 29.4 Å². The van der Waals surface area contributed by atoms with E-state index in [0.717, 1.165) is 5.56 Å². The Morgan fingerprint density at radius 3 is 2.88 bits per heavy atom. The summed E-state index contributed by atoms with van der Waals surface area (Å²) in [7, 11) is 0. The Kier molecular flexibility index (Phi) is 4.25. The van der Waals surface area contributed by atoms with E-state index in [1.165, 1.54) is 34.8 Å². The van der Waals surface area contributed by atoms with Crippen molar-refractivity contribution >= 4 is 43.9 Å². The molecule has 0 unspecified atom stereocenters. The van der Waals surface area contributed by atoms with Gasteiger partial charge in [-0.25, -0.2) is 9.37 Å². The summed E-state index contributed by atoms with van der Waals surface area (Å²) >= 11 is 2.69. The van der Waals surface area contributed by atoms with Gasteiger partial charge in [0.2, 0.25) is 0 Å². The van der Waals surface area contributed by atoms with Crippen molar-refractivity contribution in [1.82, 2.24) is 9.97 Å². The number of nitrogens with zero attached hydrogens (tertiary/aromatic N) is 3. The second kappa shape index (κ2) is 6.70. The highest BCUT2D eigenvalue weighted by Crippen LogP contribution is 2.31. The average Bonchev–Trinajstić information content (AvgIpc) is 3.29. The first kappa shape index (κ1) is 15.9. The molecule has 0 saturated heterocycles. The molecule has 0 aliphatic carbocycles. The molecular weight excluding hydrogens is 357 g/mol. The number of rotatable bonds is 4. The van der Waals surface area contributed by atoms with Crippen LogP contribution in [0.4, 0.5) is 9.52 Å². The molecule has 3 heterocycles. The number of aromatic nitrogens is 2. The predicted molar refractivity (Wildman–Crippen MR) is 98.6 cm³/mol. The molecule has 124 valence electrons. The van der Waals surface area contributed by atoms with Gasteiger partial charge in [-0.2, -0.15) is 0 Å². The van der Waals surface area contributed by atoms with Crippen LogP contribution >= 0.6 is 22.7 Å². The summed E-state index contributed by atoms with van der Waals surface area (Å²) in [5.74, 6) is -0.440. The van der Waals surface area contributed by atoms with Crippen molar-refractivity contribution in [2.75, 3.05) is 4.90 Å². The van der Waals surface area contributed by atoms with Gasteiger partial charge in [-0.1, -0.05) is 23.5 Å². The van der Waals surface area contributed by atoms with Crippen LogP contribution in [-0.2, 0) is 6.54 Å². The van der Waals surface area contributed by atoms with Gasteiger partial charge < -0.3 is 0 Å². The molecule has 0 aliphatic heterocycles. The summed E-state index contributed by atoms with van der Waals surface area (Å²) < 4.78 is 14.2. The van der Waals surface area contributed by atoms with E-state index in [1.807, 2.05) is 23.6 Å². The number of thiophene rings is 1. The van der Waals surface area contributed by atoms with Gasteiger partial charge in [-0.15, -0.1) is 11.3 Å². The Morgan fingerprint density at radius 2 is 2.12 bits per heavy atom. The molecule has 25 heavy (non-hydrogen) atoms. The number of halogens is 1. The fraction of sp³-hybridized carbons (Fsp3) is 0.0556. The van der Waals surface area contributed by atoms with Crippen LogP contribution in [0.3, 0.4) is 0 Å². The summed E-state index contributed by atoms with van der Waals surface area (Å²) in [5.41, 5.74) is 1.58. The third-order valence-corrected chi connectivity index (χ3v) is 5.51. The summed E-state index contributed by atoms with van der Waals surface area (Å²) in [6, 6.07) is 11.8. The monoisotopic (exact) mass is 369 g/mol. The first-order valence-electron chi connectivity index (χ1n) is 7.51. The SMILES string of the molecule is O=C(c1cccs1)N(Cc1cccnc1)c1nc2ccc(F)cc2s1. The average molecular weight is 369 g/mol. The van der Waals surface area contributed by atoms with Gasteiger partial charge in [0.05, 0.1) is 21.6 Å². The molecule has 4 nitrogen and oxygen atoms in total. The molecule has 4 rings (SSSR count). The van der Waals surface area contributed by atoms with Crippen molar-refractivity contribution in [2.24, 2.45) is 0 Å². The van der Waals surface area contributed by atoms with Crippen LogP contribution in [0.1, 0.15) is 15.2 Å². The molecule has 0 bridgehead atoms. The number of hydrogen-bond acceptors (Lipinski definition) is 5. The molecule has 0 radical (unpaired) electrons. The maximum atomic E-state index is 13.5. The van der Waals surface area contributed by atoms with Gasteiger partial charge in [0.25, 0.3) is 5.91 Å². The van der Waals surface area contributed by atoms with E-state index in [4.69, 9.17) is 0 Å². The van der Waals surface area contributed by atoms with Crippen molar-refractivity contribution in [3.8, 4) is 0 Å². The molecule has 3 aromatic heterocycles. The van der Waals surface area contributed by atoms with Gasteiger partial charge in [0, 0.05) is 12.4 Å². The Labute approximate surface area is 151 Å². The fourth-order valence-corrected chi connectivity index (χ4v) is 4.10. The van der Waals surface area contributed by atoms with Gasteiger partial charge in [-0.05, 0) is 41.3 Å². The summed E-state index contributed by atoms with van der Waals surface area (Å²) in [4.78, 5) is 23.8. The molecule has 0 saturated carbocycles. The van der Waals surface area contributed by atoms with E-state index in [9.17, 15) is 9.18 Å². The highest BCUT2D eigenvalue weighted by molar-refractivity contribution is 7.22. The van der Waals surface area contributed by atoms with Crippen LogP contribution in [0.15, 0.2) is 60.2 Å². The normalized spacial score (nSPS) is 10.9. The summed E-state index contributed by atoms with van der Waals surface area (Å²) in [6.45, 7) is 0.354. The molecular formula is C18H12FN3OS2. The van der Waals surface area contributed by atoms with Crippen LogP contribution in [-0.4, -0.2) is 15.9 Å². The number of carbonyl (C=O) groups excluding carboxylic acids is 1. The second-order valence-corrected chi connectivity index (χ2v) is 7.30. The molecule has 0 aliphatic rings. The third kappa shape index (κ3) is 3.29. The number of pyridine rings is 1. The molecule has 0 fully saturated rings. The van der Waals surface area contributed by atoms with Gasteiger partial charge in [0.1, 0.15) is 5.82 Å². The van der Waals surface area contributed by atoms with Crippen LogP contribution in [0.25, 0.3) is 10.2 Å². The molecule has 0 spiro atoms. The number of carbonyl (C=O) groups is 1. The minimum atomic E-state index is -0.314. The van der Waals surface area contributed by atoms with E-state index < -0.39 is 0 Å². The molecule has 1 aromatic carbocycles. The van der Waals surface area contributed by atoms with E-state index >= 15 is 0 Å². The summed E-state index contributed by atoms with van der Waals surface area (Å²) in [5, 5.41) is 2.41. The quantitative estimate of drug-likeness (QED) is 0.522. The third-order valence-electron chi connectivity index (χ3n) is 3.61. The van der Waals surface area contributed by atoms with E-state index in [-0.39, 0.29) is 11.7 Å². The summed E-state index contributed by atoms with van der Waals surface area (Å²) in [6.07, 6.45) is 3.41. The highest BCUT2D eigenvalue weighted by Gasteiger charge is 2.22. The second-order valence-electron chi connectivity index (χ2n) is 5.34. The lowest BCUT2D eigenvalue weighted by atomic mass is 10.2. The van der Waals surface area contributed by atoms with Crippen molar-refractivity contribution in [3.05, 3.63) is 76.5 Å². The van der Waals surface area contributed by atoms with Crippen molar-refractivity contribution in [2.45, 2.75) is 6.54 Å². The molecule has 7 heteroatoms. The predicted octanol–water partition coefficient (Wildman–Crippen LogP) is 4.74. The number of anilines is 1. The topological polar surface area (TPSA) is 46.1 Å². The Balaban J connectivity index is 1.76. The zero-order valence-electron chi connectivity index (χ0n) is 12.9. The maximum Gasteiger partial charge on any atom is 0.270 e. The minimum Gasteiger partial charge on any atom is -0.279 e. The highest BCUT2D eigenvalue weighted by atomic mass is 32.1. The Bertz CT molecular complexity index is 1020. The lowest BCUT2D eigenvalue weighted by molar-refractivity contribution is 0.0989. The van der Waals surface area contributed by atoms with Crippen LogP contribution in [0.2, 0.25) is 0 Å². The van der Waals surface area contributed by atoms with Crippen LogP contribution in [0.5, 0.6) is 0 Å². The first-order valence-corrected chi connectivity index (χ1v) is 9.21. The van der Waals surface area contributed by atoms with Crippen molar-refractivity contribution in [1.29, 1.82) is 0 Å². The number of benzene rings is 1. The van der Waals surface area contributed by atoms with Gasteiger partial charge in [-0.3, -0.25) is 14.7 Å². The maximum absolute atomic E-state index is 13.5. The number of amides is 1. The zero-order chi connectivity index (χ0) is 17.2. The standard InChI is InChI=1S/C18H12FN3OS2/c19-13-5-6-14-16(9-13)25-18(21-14)22(11-12-3-1-7-20-10-12)17(23)15-4-2-8-24-15/h1-10H,11H2. The molecule has 0 N–H and O–H groups in total. The van der Waals surface area contributed by atoms with Crippen LogP contribution in [0, 0.1) is 5.82 Å². The van der Waals surface area contributed by atoms with E-state index in [0.29, 0.717) is 26.8 Å². The molecule has 0 atom stereocenters. The Hall–Kier alpha value is -2.64. The minimum absolute atomic E-state index is 0.126. The number of fused-ring (bicyclic) bond motifs is 1. The van der Waals surface area contributed by atoms with Crippen LogP contribution < -0.4 is 4.90 Å². The smallest absolute Gasteiger partial charge is 0.270 e. The lowest BCUT2D eigenvalue weighted by Crippen LogP contribution is -2.29. The first-order chi connectivity index (χ1) is 12.2. The number of hydrogen-bond donors (Lipinski definition) is 0. The number of thiazole rings is 1. The van der Waals surface area contributed by atoms with Gasteiger partial charge >= 0.3 is 0 Å². The fourth-order valence-electron chi connectivity index (χ4n) is 2.44.